The molecule has 0 unspecified atom stereocenters. The summed E-state index contributed by atoms with van der Waals surface area (Å²) in [6, 6.07) is 2.38. The summed E-state index contributed by atoms with van der Waals surface area (Å²) >= 11 is 0. The number of rotatable bonds is 8. The quantitative estimate of drug-likeness (QED) is 0.721. The van der Waals surface area contributed by atoms with Gasteiger partial charge in [-0.05, 0) is 18.9 Å². The summed E-state index contributed by atoms with van der Waals surface area (Å²) in [5, 5.41) is 2.65. The molecule has 0 aliphatic rings. The van der Waals surface area contributed by atoms with Gasteiger partial charge in [0.25, 0.3) is 0 Å². The molecule has 1 heterocycles. The van der Waals surface area contributed by atoms with Crippen LogP contribution in [0.3, 0.4) is 0 Å². The number of aromatic nitrogens is 1. The average Bonchev–Trinajstić information content (AvgIpc) is 2.45. The molecule has 0 aliphatic heterocycles. The first-order valence-electron chi connectivity index (χ1n) is 6.87. The molecule has 8 heteroatoms. The van der Waals surface area contributed by atoms with E-state index >= 15 is 0 Å². The number of amides is 1. The van der Waals surface area contributed by atoms with Gasteiger partial charge in [-0.15, -0.1) is 0 Å². The minimum absolute atomic E-state index is 0.0289. The maximum absolute atomic E-state index is 12.5. The number of hydrogen-bond donors (Lipinski definition) is 2. The number of nitrogens with one attached hydrogen (secondary N) is 2. The molecule has 1 aromatic heterocycles. The second-order valence-electron chi connectivity index (χ2n) is 4.58. The maximum Gasteiger partial charge on any atom is 0.247 e. The second-order valence-corrected chi connectivity index (χ2v) is 6.52. The zero-order chi connectivity index (χ0) is 15.9. The van der Waals surface area contributed by atoms with Crippen LogP contribution in [0.25, 0.3) is 0 Å². The monoisotopic (exact) mass is 315 g/mol. The largest absolute Gasteiger partial charge is 0.355 e. The van der Waals surface area contributed by atoms with Crippen LogP contribution in [-0.4, -0.2) is 43.2 Å². The zero-order valence-corrected chi connectivity index (χ0v) is 13.1. The third kappa shape index (κ3) is 4.98. The van der Waals surface area contributed by atoms with Crippen LogP contribution in [0, 0.1) is 0 Å². The van der Waals surface area contributed by atoms with Crippen molar-refractivity contribution in [2.24, 2.45) is 0 Å². The smallest absolute Gasteiger partial charge is 0.247 e. The lowest BCUT2D eigenvalue weighted by Gasteiger charge is -2.21. The van der Waals surface area contributed by atoms with E-state index < -0.39 is 10.0 Å². The molecule has 7 nitrogen and oxygen atoms in total. The van der Waals surface area contributed by atoms with Gasteiger partial charge in [-0.1, -0.05) is 13.8 Å². The van der Waals surface area contributed by atoms with E-state index in [9.17, 15) is 18.0 Å². The van der Waals surface area contributed by atoms with Crippen LogP contribution in [-0.2, 0) is 14.8 Å². The SMILES string of the molecule is CCCNC(=O)CN(CCC)S(=O)(=O)c1ccc(=O)[nH]c1. The van der Waals surface area contributed by atoms with Gasteiger partial charge in [0, 0.05) is 25.4 Å². The van der Waals surface area contributed by atoms with Crippen molar-refractivity contribution in [2.45, 2.75) is 31.6 Å². The summed E-state index contributed by atoms with van der Waals surface area (Å²) in [5.41, 5.74) is -0.378. The topological polar surface area (TPSA) is 99.3 Å². The molecule has 0 aliphatic carbocycles. The van der Waals surface area contributed by atoms with E-state index in [1.165, 1.54) is 6.07 Å². The van der Waals surface area contributed by atoms with Crippen molar-refractivity contribution in [3.8, 4) is 0 Å². The van der Waals surface area contributed by atoms with Crippen LogP contribution >= 0.6 is 0 Å². The molecule has 1 amide bonds. The van der Waals surface area contributed by atoms with Crippen molar-refractivity contribution >= 4 is 15.9 Å². The van der Waals surface area contributed by atoms with Gasteiger partial charge in [0.1, 0.15) is 0 Å². The van der Waals surface area contributed by atoms with Crippen LogP contribution < -0.4 is 10.9 Å². The zero-order valence-electron chi connectivity index (χ0n) is 12.3. The molecular weight excluding hydrogens is 294 g/mol. The molecular formula is C13H21N3O4S. The molecule has 118 valence electrons. The lowest BCUT2D eigenvalue weighted by molar-refractivity contribution is -0.121. The standard InChI is InChI=1S/C13H21N3O4S/c1-3-7-14-13(18)10-16(8-4-2)21(19,20)11-5-6-12(17)15-9-11/h5-6,9H,3-4,7-8,10H2,1-2H3,(H,14,18)(H,15,17). The molecule has 1 aromatic rings. The molecule has 0 saturated carbocycles. The predicted molar refractivity (Wildman–Crippen MR) is 79.4 cm³/mol. The van der Waals surface area contributed by atoms with Crippen molar-refractivity contribution < 1.29 is 13.2 Å². The first kappa shape index (κ1) is 17.4. The summed E-state index contributed by atoms with van der Waals surface area (Å²) in [6.45, 7) is 4.27. The Morgan fingerprint density at radius 2 is 2.00 bits per heavy atom. The van der Waals surface area contributed by atoms with E-state index in [1.54, 1.807) is 0 Å². The number of H-pyrrole nitrogens is 1. The van der Waals surface area contributed by atoms with Gasteiger partial charge in [-0.2, -0.15) is 4.31 Å². The maximum atomic E-state index is 12.5. The van der Waals surface area contributed by atoms with Gasteiger partial charge >= 0.3 is 0 Å². The van der Waals surface area contributed by atoms with Crippen molar-refractivity contribution in [3.63, 3.8) is 0 Å². The van der Waals surface area contributed by atoms with E-state index in [-0.39, 0.29) is 29.5 Å². The Morgan fingerprint density at radius 1 is 1.29 bits per heavy atom. The fraction of sp³-hybridized carbons (Fsp3) is 0.538. The van der Waals surface area contributed by atoms with Crippen molar-refractivity contribution in [3.05, 3.63) is 28.7 Å². The molecule has 0 spiro atoms. The number of carbonyl (C=O) groups excluding carboxylic acids is 1. The third-order valence-corrected chi connectivity index (χ3v) is 4.60. The average molecular weight is 315 g/mol. The molecule has 0 bridgehead atoms. The minimum Gasteiger partial charge on any atom is -0.355 e. The van der Waals surface area contributed by atoms with Crippen LogP contribution in [0.5, 0.6) is 0 Å². The molecule has 0 fully saturated rings. The molecule has 0 atom stereocenters. The van der Waals surface area contributed by atoms with Gasteiger partial charge in [0.05, 0.1) is 11.4 Å². The fourth-order valence-electron chi connectivity index (χ4n) is 1.72. The van der Waals surface area contributed by atoms with E-state index in [2.05, 4.69) is 10.3 Å². The van der Waals surface area contributed by atoms with Crippen LogP contribution in [0.2, 0.25) is 0 Å². The van der Waals surface area contributed by atoms with Crippen LogP contribution in [0.4, 0.5) is 0 Å². The molecule has 0 radical (unpaired) electrons. The predicted octanol–water partition coefficient (Wildman–Crippen LogP) is 0.302. The Balaban J connectivity index is 2.94. The number of pyridine rings is 1. The number of carbonyl (C=O) groups is 1. The Kier molecular flexibility index (Phi) is 6.57. The number of nitrogens with zero attached hydrogens (tertiary/aromatic N) is 1. The van der Waals surface area contributed by atoms with Crippen molar-refractivity contribution in [2.75, 3.05) is 19.6 Å². The van der Waals surface area contributed by atoms with Gasteiger partial charge in [-0.3, -0.25) is 9.59 Å². The summed E-state index contributed by atoms with van der Waals surface area (Å²) in [6.07, 6.45) is 2.51. The molecule has 21 heavy (non-hydrogen) atoms. The lowest BCUT2D eigenvalue weighted by Crippen LogP contribution is -2.41. The Hall–Kier alpha value is -1.67. The number of hydrogen-bond acceptors (Lipinski definition) is 4. The Bertz CT molecular complexity index is 604. The van der Waals surface area contributed by atoms with Crippen molar-refractivity contribution in [1.29, 1.82) is 0 Å². The van der Waals surface area contributed by atoms with Crippen LogP contribution in [0.1, 0.15) is 26.7 Å². The summed E-state index contributed by atoms with van der Waals surface area (Å²) < 4.78 is 26.1. The van der Waals surface area contributed by atoms with E-state index in [0.29, 0.717) is 13.0 Å². The highest BCUT2D eigenvalue weighted by Gasteiger charge is 2.25. The van der Waals surface area contributed by atoms with Gasteiger partial charge in [0.2, 0.25) is 21.5 Å². The molecule has 1 rings (SSSR count). The Morgan fingerprint density at radius 3 is 2.52 bits per heavy atom. The fourth-order valence-corrected chi connectivity index (χ4v) is 3.18. The van der Waals surface area contributed by atoms with Gasteiger partial charge < -0.3 is 10.3 Å². The highest BCUT2D eigenvalue weighted by atomic mass is 32.2. The van der Waals surface area contributed by atoms with Crippen LogP contribution in [0.15, 0.2) is 28.0 Å². The summed E-state index contributed by atoms with van der Waals surface area (Å²) in [7, 11) is -3.80. The normalized spacial score (nSPS) is 11.6. The summed E-state index contributed by atoms with van der Waals surface area (Å²) in [5.74, 6) is -0.335. The highest BCUT2D eigenvalue weighted by Crippen LogP contribution is 2.13. The summed E-state index contributed by atoms with van der Waals surface area (Å²) in [4.78, 5) is 25.1. The number of aromatic amines is 1. The van der Waals surface area contributed by atoms with E-state index in [0.717, 1.165) is 23.0 Å². The molecule has 0 saturated heterocycles. The molecule has 2 N–H and O–H groups in total. The Labute approximate surface area is 124 Å². The van der Waals surface area contributed by atoms with Gasteiger partial charge in [-0.25, -0.2) is 8.42 Å². The molecule has 0 aromatic carbocycles. The van der Waals surface area contributed by atoms with Gasteiger partial charge in [0.15, 0.2) is 0 Å². The highest BCUT2D eigenvalue weighted by molar-refractivity contribution is 7.89. The number of sulfonamides is 1. The third-order valence-electron chi connectivity index (χ3n) is 2.76. The second kappa shape index (κ2) is 7.94. The van der Waals surface area contributed by atoms with E-state index in [4.69, 9.17) is 0 Å². The lowest BCUT2D eigenvalue weighted by atomic mass is 10.4. The van der Waals surface area contributed by atoms with E-state index in [1.807, 2.05) is 13.8 Å². The minimum atomic E-state index is -3.80. The first-order chi connectivity index (χ1) is 9.91. The first-order valence-corrected chi connectivity index (χ1v) is 8.31. The van der Waals surface area contributed by atoms with Crippen molar-refractivity contribution in [1.82, 2.24) is 14.6 Å².